The number of pyridine rings is 1. The summed E-state index contributed by atoms with van der Waals surface area (Å²) in [7, 11) is 0. The number of anilines is 1. The van der Waals surface area contributed by atoms with E-state index in [9.17, 15) is 4.79 Å². The number of hydrazone groups is 1. The van der Waals surface area contributed by atoms with Gasteiger partial charge in [-0.3, -0.25) is 4.98 Å². The van der Waals surface area contributed by atoms with Crippen LogP contribution in [-0.4, -0.2) is 22.2 Å². The Morgan fingerprint density at radius 1 is 1.32 bits per heavy atom. The second-order valence-corrected chi connectivity index (χ2v) is 5.71. The van der Waals surface area contributed by atoms with Gasteiger partial charge in [0.2, 0.25) is 0 Å². The number of carbonyl (C=O) groups excluding carboxylic acids is 1. The van der Waals surface area contributed by atoms with E-state index in [2.05, 4.69) is 27.5 Å². The Hall–Kier alpha value is -2.69. The van der Waals surface area contributed by atoms with Crippen LogP contribution < -0.4 is 5.32 Å². The number of aromatic nitrogens is 1. The Balaban J connectivity index is 1.56. The van der Waals surface area contributed by atoms with Crippen molar-refractivity contribution in [3.63, 3.8) is 0 Å². The molecule has 2 aliphatic rings. The Kier molecular flexibility index (Phi) is 3.11. The average Bonchev–Trinajstić information content (AvgIpc) is 3.38. The molecule has 1 aromatic heterocycles. The lowest BCUT2D eigenvalue weighted by atomic mass is 10.0. The fourth-order valence-electron chi connectivity index (χ4n) is 2.63. The van der Waals surface area contributed by atoms with Gasteiger partial charge < -0.3 is 5.32 Å². The van der Waals surface area contributed by atoms with E-state index in [1.54, 1.807) is 18.6 Å². The third kappa shape index (κ3) is 2.57. The predicted molar refractivity (Wildman–Crippen MR) is 84.8 cm³/mol. The third-order valence-corrected chi connectivity index (χ3v) is 4.00. The molecular formula is C17H16N4O. The molecule has 0 spiro atoms. The van der Waals surface area contributed by atoms with E-state index in [1.165, 1.54) is 23.4 Å². The number of carbonyl (C=O) groups is 1. The van der Waals surface area contributed by atoms with Crippen molar-refractivity contribution in [1.82, 2.24) is 9.99 Å². The van der Waals surface area contributed by atoms with Gasteiger partial charge in [0, 0.05) is 23.6 Å². The molecule has 0 unspecified atom stereocenters. The van der Waals surface area contributed by atoms with Gasteiger partial charge in [0.25, 0.3) is 0 Å². The first-order valence-corrected chi connectivity index (χ1v) is 7.45. The van der Waals surface area contributed by atoms with Gasteiger partial charge in [-0.25, -0.2) is 9.80 Å². The lowest BCUT2D eigenvalue weighted by molar-refractivity contribution is 0.209. The maximum atomic E-state index is 12.1. The van der Waals surface area contributed by atoms with Gasteiger partial charge in [0.1, 0.15) is 0 Å². The summed E-state index contributed by atoms with van der Waals surface area (Å²) < 4.78 is 0. The van der Waals surface area contributed by atoms with Crippen molar-refractivity contribution < 1.29 is 4.79 Å². The Bertz CT molecular complexity index is 738. The number of amides is 2. The van der Waals surface area contributed by atoms with E-state index in [1.807, 2.05) is 18.2 Å². The summed E-state index contributed by atoms with van der Waals surface area (Å²) in [5.74, 6) is 0.704. The van der Waals surface area contributed by atoms with Crippen LogP contribution in [0.2, 0.25) is 0 Å². The fraction of sp³-hybridized carbons (Fsp3) is 0.235. The molecule has 110 valence electrons. The number of benzene rings is 1. The number of nitrogens with zero attached hydrogens (tertiary/aromatic N) is 3. The number of rotatable bonds is 3. The normalized spacial score (nSPS) is 17.5. The molecule has 2 amide bonds. The Morgan fingerprint density at radius 2 is 2.23 bits per heavy atom. The topological polar surface area (TPSA) is 57.6 Å². The largest absolute Gasteiger partial charge is 0.342 e. The van der Waals surface area contributed by atoms with Crippen molar-refractivity contribution in [3.8, 4) is 0 Å². The standard InChI is InChI=1S/C17H16N4O/c22-17-20-16-6-5-14(13-3-4-13)8-15(16)11-21(17)19-10-12-2-1-7-18-9-12/h1-2,5-10,13H,3-4,11H2,(H,20,22). The highest BCUT2D eigenvalue weighted by atomic mass is 16.2. The van der Waals surface area contributed by atoms with E-state index in [0.717, 1.165) is 16.8 Å². The number of fused-ring (bicyclic) bond motifs is 1. The molecule has 1 N–H and O–H groups in total. The van der Waals surface area contributed by atoms with Crippen LogP contribution in [0.15, 0.2) is 47.8 Å². The van der Waals surface area contributed by atoms with Crippen LogP contribution in [0.5, 0.6) is 0 Å². The number of nitrogens with one attached hydrogen (secondary N) is 1. The molecule has 5 nitrogen and oxygen atoms in total. The van der Waals surface area contributed by atoms with Crippen LogP contribution in [0.4, 0.5) is 10.5 Å². The summed E-state index contributed by atoms with van der Waals surface area (Å²) in [6, 6.07) is 9.85. The highest BCUT2D eigenvalue weighted by Gasteiger charge is 2.27. The number of hydrogen-bond acceptors (Lipinski definition) is 3. The lowest BCUT2D eigenvalue weighted by Gasteiger charge is -2.25. The van der Waals surface area contributed by atoms with E-state index in [-0.39, 0.29) is 6.03 Å². The molecule has 5 heteroatoms. The zero-order chi connectivity index (χ0) is 14.9. The first kappa shape index (κ1) is 13.0. The summed E-state index contributed by atoms with van der Waals surface area (Å²) in [6.45, 7) is 0.499. The van der Waals surface area contributed by atoms with Gasteiger partial charge in [-0.15, -0.1) is 0 Å². The quantitative estimate of drug-likeness (QED) is 0.882. The summed E-state index contributed by atoms with van der Waals surface area (Å²) in [5.41, 5.74) is 4.24. The lowest BCUT2D eigenvalue weighted by Crippen LogP contribution is -2.35. The van der Waals surface area contributed by atoms with Gasteiger partial charge in [0.15, 0.2) is 0 Å². The molecule has 1 saturated carbocycles. The molecule has 1 fully saturated rings. The highest BCUT2D eigenvalue weighted by Crippen LogP contribution is 2.41. The van der Waals surface area contributed by atoms with Crippen LogP contribution >= 0.6 is 0 Å². The van der Waals surface area contributed by atoms with E-state index in [4.69, 9.17) is 0 Å². The van der Waals surface area contributed by atoms with Crippen molar-refractivity contribution in [2.75, 3.05) is 5.32 Å². The minimum atomic E-state index is -0.202. The fourth-order valence-corrected chi connectivity index (χ4v) is 2.63. The zero-order valence-corrected chi connectivity index (χ0v) is 12.1. The monoisotopic (exact) mass is 292 g/mol. The minimum absolute atomic E-state index is 0.202. The van der Waals surface area contributed by atoms with E-state index in [0.29, 0.717) is 12.5 Å². The van der Waals surface area contributed by atoms with Gasteiger partial charge in [0.05, 0.1) is 12.8 Å². The number of urea groups is 1. The molecule has 2 aromatic rings. The summed E-state index contributed by atoms with van der Waals surface area (Å²) in [6.07, 6.45) is 7.62. The molecule has 1 aromatic carbocycles. The van der Waals surface area contributed by atoms with Gasteiger partial charge in [-0.1, -0.05) is 18.2 Å². The molecule has 22 heavy (non-hydrogen) atoms. The SMILES string of the molecule is O=C1Nc2ccc(C3CC3)cc2CN1N=Cc1cccnc1. The molecular weight excluding hydrogens is 276 g/mol. The molecule has 1 aliphatic heterocycles. The van der Waals surface area contributed by atoms with Crippen LogP contribution in [0.3, 0.4) is 0 Å². The van der Waals surface area contributed by atoms with Crippen molar-refractivity contribution in [3.05, 3.63) is 59.4 Å². The molecule has 1 aliphatic carbocycles. The number of hydrogen-bond donors (Lipinski definition) is 1. The minimum Gasteiger partial charge on any atom is -0.306 e. The Labute approximate surface area is 128 Å². The first-order valence-electron chi connectivity index (χ1n) is 7.45. The molecule has 2 heterocycles. The second-order valence-electron chi connectivity index (χ2n) is 5.71. The van der Waals surface area contributed by atoms with Crippen LogP contribution in [-0.2, 0) is 6.54 Å². The Morgan fingerprint density at radius 3 is 3.00 bits per heavy atom. The van der Waals surface area contributed by atoms with Crippen LogP contribution in [0, 0.1) is 0 Å². The maximum Gasteiger partial charge on any atom is 0.342 e. The third-order valence-electron chi connectivity index (χ3n) is 4.00. The van der Waals surface area contributed by atoms with Gasteiger partial charge >= 0.3 is 6.03 Å². The zero-order valence-electron chi connectivity index (χ0n) is 12.1. The summed E-state index contributed by atoms with van der Waals surface area (Å²) >= 11 is 0. The molecule has 0 saturated heterocycles. The van der Waals surface area contributed by atoms with Crippen molar-refractivity contribution in [2.45, 2.75) is 25.3 Å². The highest BCUT2D eigenvalue weighted by molar-refractivity contribution is 5.93. The van der Waals surface area contributed by atoms with E-state index < -0.39 is 0 Å². The maximum absolute atomic E-state index is 12.1. The van der Waals surface area contributed by atoms with Crippen LogP contribution in [0.25, 0.3) is 0 Å². The molecule has 0 radical (unpaired) electrons. The summed E-state index contributed by atoms with van der Waals surface area (Å²) in [4.78, 5) is 16.1. The molecule has 4 rings (SSSR count). The van der Waals surface area contributed by atoms with Crippen molar-refractivity contribution in [2.24, 2.45) is 5.10 Å². The van der Waals surface area contributed by atoms with Gasteiger partial charge in [-0.05, 0) is 42.0 Å². The predicted octanol–water partition coefficient (Wildman–Crippen LogP) is 3.34. The smallest absolute Gasteiger partial charge is 0.306 e. The second kappa shape index (κ2) is 5.26. The van der Waals surface area contributed by atoms with Crippen LogP contribution in [0.1, 0.15) is 35.4 Å². The average molecular weight is 292 g/mol. The van der Waals surface area contributed by atoms with Crippen molar-refractivity contribution >= 4 is 17.9 Å². The summed E-state index contributed by atoms with van der Waals surface area (Å²) in [5, 5.41) is 8.62. The first-order chi connectivity index (χ1) is 10.8. The van der Waals surface area contributed by atoms with Crippen molar-refractivity contribution in [1.29, 1.82) is 0 Å². The van der Waals surface area contributed by atoms with E-state index >= 15 is 0 Å². The molecule has 0 atom stereocenters. The molecule has 0 bridgehead atoms. The van der Waals surface area contributed by atoms with Gasteiger partial charge in [-0.2, -0.15) is 5.10 Å².